The Morgan fingerprint density at radius 3 is 1.73 bits per heavy atom. The fourth-order valence-electron chi connectivity index (χ4n) is 3.69. The lowest BCUT2D eigenvalue weighted by molar-refractivity contribution is -0.177. The van der Waals surface area contributed by atoms with Crippen molar-refractivity contribution in [2.75, 3.05) is 6.61 Å². The van der Waals surface area contributed by atoms with Crippen molar-refractivity contribution in [1.29, 1.82) is 0 Å². The molecule has 0 aromatic heterocycles. The number of ether oxygens (including phenoxy) is 2. The van der Waals surface area contributed by atoms with Gasteiger partial charge in [-0.25, -0.2) is 4.79 Å². The molecule has 0 heterocycles. The van der Waals surface area contributed by atoms with E-state index in [9.17, 15) is 19.8 Å². The Hall–Kier alpha value is -3.48. The zero-order valence-electron chi connectivity index (χ0n) is 18.7. The average molecular weight is 449 g/mol. The van der Waals surface area contributed by atoms with E-state index < -0.39 is 35.7 Å². The first kappa shape index (κ1) is 24.2. The number of carbonyl (C=O) groups excluding carboxylic acids is 2. The minimum absolute atomic E-state index is 0.0679. The number of rotatable bonds is 9. The van der Waals surface area contributed by atoms with E-state index in [0.717, 1.165) is 0 Å². The summed E-state index contributed by atoms with van der Waals surface area (Å²) in [6.45, 7) is 2.88. The summed E-state index contributed by atoms with van der Waals surface area (Å²) >= 11 is 0. The van der Waals surface area contributed by atoms with Crippen LogP contribution in [-0.4, -0.2) is 34.4 Å². The molecule has 172 valence electrons. The summed E-state index contributed by atoms with van der Waals surface area (Å²) in [5.41, 5.74) is -2.21. The van der Waals surface area contributed by atoms with E-state index in [1.54, 1.807) is 79.7 Å². The molecule has 0 amide bonds. The minimum Gasteiger partial charge on any atom is -0.464 e. The van der Waals surface area contributed by atoms with Gasteiger partial charge in [-0.05, 0) is 30.5 Å². The van der Waals surface area contributed by atoms with Gasteiger partial charge in [0, 0.05) is 0 Å². The predicted octanol–water partition coefficient (Wildman–Crippen LogP) is 3.91. The van der Waals surface area contributed by atoms with Crippen molar-refractivity contribution in [1.82, 2.24) is 0 Å². The summed E-state index contributed by atoms with van der Waals surface area (Å²) in [6, 6.07) is 26.7. The third-order valence-electron chi connectivity index (χ3n) is 5.36. The first-order chi connectivity index (χ1) is 15.8. The van der Waals surface area contributed by atoms with Crippen LogP contribution in [0.1, 0.15) is 43.1 Å². The summed E-state index contributed by atoms with van der Waals surface area (Å²) in [6.07, 6.45) is -1.79. The third kappa shape index (κ3) is 5.48. The van der Waals surface area contributed by atoms with Gasteiger partial charge < -0.3 is 19.7 Å². The van der Waals surface area contributed by atoms with E-state index in [1.807, 2.05) is 18.2 Å². The van der Waals surface area contributed by atoms with Crippen LogP contribution in [0, 0.1) is 0 Å². The minimum atomic E-state index is -2.06. The molecule has 0 aliphatic rings. The quantitative estimate of drug-likeness (QED) is 0.482. The fraction of sp³-hybridized carbons (Fsp3) is 0.259. The van der Waals surface area contributed by atoms with E-state index >= 15 is 0 Å². The Morgan fingerprint density at radius 2 is 1.27 bits per heavy atom. The van der Waals surface area contributed by atoms with Crippen molar-refractivity contribution in [3.8, 4) is 0 Å². The molecule has 0 saturated carbocycles. The number of hydrogen-bond donors (Lipinski definition) is 2. The Kier molecular flexibility index (Phi) is 7.63. The van der Waals surface area contributed by atoms with Gasteiger partial charge in [0.1, 0.15) is 0 Å². The molecule has 0 radical (unpaired) electrons. The smallest absolute Gasteiger partial charge is 0.338 e. The van der Waals surface area contributed by atoms with Crippen LogP contribution >= 0.6 is 0 Å². The summed E-state index contributed by atoms with van der Waals surface area (Å²) in [5.74, 6) is -1.77. The highest BCUT2D eigenvalue weighted by Crippen LogP contribution is 2.43. The van der Waals surface area contributed by atoms with Crippen molar-refractivity contribution in [2.24, 2.45) is 0 Å². The maximum atomic E-state index is 13.0. The number of carbonyl (C=O) groups is 2. The lowest BCUT2D eigenvalue weighted by atomic mass is 9.79. The summed E-state index contributed by atoms with van der Waals surface area (Å²) in [5, 5.41) is 22.6. The molecule has 2 atom stereocenters. The summed E-state index contributed by atoms with van der Waals surface area (Å²) in [4.78, 5) is 25.0. The van der Waals surface area contributed by atoms with Crippen molar-refractivity contribution in [3.63, 3.8) is 0 Å². The topological polar surface area (TPSA) is 93.1 Å². The molecule has 0 spiro atoms. The molecule has 0 aliphatic carbocycles. The number of esters is 2. The fourth-order valence-corrected chi connectivity index (χ4v) is 3.69. The molecule has 0 saturated heterocycles. The van der Waals surface area contributed by atoms with Crippen molar-refractivity contribution in [2.45, 2.75) is 37.6 Å². The van der Waals surface area contributed by atoms with Gasteiger partial charge in [0.05, 0.1) is 13.0 Å². The molecule has 3 aromatic rings. The van der Waals surface area contributed by atoms with Gasteiger partial charge in [-0.2, -0.15) is 0 Å². The van der Waals surface area contributed by atoms with Gasteiger partial charge in [0.2, 0.25) is 0 Å². The van der Waals surface area contributed by atoms with Crippen LogP contribution in [0.3, 0.4) is 0 Å². The van der Waals surface area contributed by atoms with Crippen LogP contribution in [0.2, 0.25) is 0 Å². The summed E-state index contributed by atoms with van der Waals surface area (Å²) < 4.78 is 10.7. The standard InChI is InChI=1S/C27H28O6/c1-3-32-25(29)26(2,30)19-23(28)33-24(20-13-7-4-8-14-20)27(31,21-15-9-5-10-16-21)22-17-11-6-12-18-22/h4-18,24,30-31H,3,19H2,1-2H3/t24-,26?/m1/s1. The first-order valence-electron chi connectivity index (χ1n) is 10.8. The van der Waals surface area contributed by atoms with E-state index in [2.05, 4.69) is 0 Å². The predicted molar refractivity (Wildman–Crippen MR) is 123 cm³/mol. The molecular formula is C27H28O6. The van der Waals surface area contributed by atoms with Crippen LogP contribution in [0.15, 0.2) is 91.0 Å². The molecule has 6 heteroatoms. The average Bonchev–Trinajstić information content (AvgIpc) is 2.83. The van der Waals surface area contributed by atoms with Gasteiger partial charge in [0.15, 0.2) is 17.3 Å². The van der Waals surface area contributed by atoms with E-state index in [0.29, 0.717) is 16.7 Å². The van der Waals surface area contributed by atoms with Crippen molar-refractivity contribution in [3.05, 3.63) is 108 Å². The van der Waals surface area contributed by atoms with Crippen LogP contribution in [0.4, 0.5) is 0 Å². The van der Waals surface area contributed by atoms with Gasteiger partial charge in [-0.3, -0.25) is 4.79 Å². The maximum absolute atomic E-state index is 13.0. The molecule has 3 aromatic carbocycles. The summed E-state index contributed by atoms with van der Waals surface area (Å²) in [7, 11) is 0. The van der Waals surface area contributed by atoms with Crippen LogP contribution in [0.5, 0.6) is 0 Å². The second kappa shape index (κ2) is 10.4. The lowest BCUT2D eigenvalue weighted by Gasteiger charge is -2.37. The Bertz CT molecular complexity index is 1010. The third-order valence-corrected chi connectivity index (χ3v) is 5.36. The molecular weight excluding hydrogens is 420 g/mol. The highest BCUT2D eigenvalue weighted by molar-refractivity contribution is 5.85. The molecule has 0 bridgehead atoms. The second-order valence-electron chi connectivity index (χ2n) is 7.95. The van der Waals surface area contributed by atoms with Crippen LogP contribution in [0.25, 0.3) is 0 Å². The zero-order chi connectivity index (χ0) is 23.9. The number of benzene rings is 3. The van der Waals surface area contributed by atoms with Crippen molar-refractivity contribution < 1.29 is 29.3 Å². The Labute approximate surface area is 193 Å². The van der Waals surface area contributed by atoms with E-state index in [4.69, 9.17) is 9.47 Å². The normalized spacial score (nSPS) is 14.1. The van der Waals surface area contributed by atoms with Gasteiger partial charge in [0.25, 0.3) is 0 Å². The molecule has 3 rings (SSSR count). The van der Waals surface area contributed by atoms with Crippen LogP contribution < -0.4 is 0 Å². The monoisotopic (exact) mass is 448 g/mol. The van der Waals surface area contributed by atoms with Gasteiger partial charge >= 0.3 is 11.9 Å². The Balaban J connectivity index is 2.06. The van der Waals surface area contributed by atoms with Gasteiger partial charge in [-0.15, -0.1) is 0 Å². The second-order valence-corrected chi connectivity index (χ2v) is 7.95. The Morgan fingerprint density at radius 1 is 0.818 bits per heavy atom. The SMILES string of the molecule is CCOC(=O)C(C)(O)CC(=O)O[C@H](c1ccccc1)C(O)(c1ccccc1)c1ccccc1. The zero-order valence-corrected chi connectivity index (χ0v) is 18.7. The lowest BCUT2D eigenvalue weighted by Crippen LogP contribution is -2.42. The number of hydrogen-bond acceptors (Lipinski definition) is 6. The highest BCUT2D eigenvalue weighted by Gasteiger charge is 2.45. The van der Waals surface area contributed by atoms with E-state index in [-0.39, 0.29) is 6.61 Å². The van der Waals surface area contributed by atoms with Gasteiger partial charge in [-0.1, -0.05) is 91.0 Å². The molecule has 1 unspecified atom stereocenters. The van der Waals surface area contributed by atoms with E-state index in [1.165, 1.54) is 6.92 Å². The largest absolute Gasteiger partial charge is 0.464 e. The molecule has 33 heavy (non-hydrogen) atoms. The molecule has 2 N–H and O–H groups in total. The first-order valence-corrected chi connectivity index (χ1v) is 10.8. The molecule has 0 aliphatic heterocycles. The maximum Gasteiger partial charge on any atom is 0.338 e. The molecule has 0 fully saturated rings. The van der Waals surface area contributed by atoms with Crippen LogP contribution in [-0.2, 0) is 24.7 Å². The number of aliphatic hydroxyl groups is 2. The highest BCUT2D eigenvalue weighted by atomic mass is 16.6. The molecule has 6 nitrogen and oxygen atoms in total. The van der Waals surface area contributed by atoms with Crippen molar-refractivity contribution >= 4 is 11.9 Å².